The molecule has 15 heavy (non-hydrogen) atoms. The zero-order valence-electron chi connectivity index (χ0n) is 8.05. The van der Waals surface area contributed by atoms with Gasteiger partial charge in [-0.3, -0.25) is 0 Å². The molecule has 0 saturated heterocycles. The van der Waals surface area contributed by atoms with Gasteiger partial charge in [-0.25, -0.2) is 4.98 Å². The summed E-state index contributed by atoms with van der Waals surface area (Å²) in [5, 5.41) is 1.22. The Labute approximate surface area is 92.0 Å². The molecule has 1 aromatic carbocycles. The highest BCUT2D eigenvalue weighted by Gasteiger charge is 2.03. The van der Waals surface area contributed by atoms with E-state index in [0.29, 0.717) is 0 Å². The zero-order chi connectivity index (χ0) is 10.1. The summed E-state index contributed by atoms with van der Waals surface area (Å²) in [6, 6.07) is 16.7. The van der Waals surface area contributed by atoms with Crippen LogP contribution < -0.4 is 0 Å². The number of hydrogen-bond acceptors (Lipinski definition) is 2. The first-order valence-corrected chi connectivity index (χ1v) is 5.65. The topological polar surface area (TPSA) is 12.9 Å². The maximum Gasteiger partial charge on any atom is 0.123 e. The molecular formula is C13H9NS. The summed E-state index contributed by atoms with van der Waals surface area (Å²) in [6.07, 6.45) is 1.84. The van der Waals surface area contributed by atoms with E-state index < -0.39 is 0 Å². The number of pyridine rings is 1. The van der Waals surface area contributed by atoms with Crippen molar-refractivity contribution in [2.75, 3.05) is 0 Å². The molecule has 0 aliphatic carbocycles. The van der Waals surface area contributed by atoms with Crippen molar-refractivity contribution >= 4 is 21.6 Å². The van der Waals surface area contributed by atoms with E-state index in [-0.39, 0.29) is 0 Å². The molecule has 0 spiro atoms. The van der Waals surface area contributed by atoms with Gasteiger partial charge in [0.2, 0.25) is 0 Å². The van der Waals surface area contributed by atoms with Crippen LogP contribution in [0.2, 0.25) is 0 Å². The number of aromatic nitrogens is 1. The van der Waals surface area contributed by atoms with Crippen molar-refractivity contribution in [3.8, 4) is 10.4 Å². The molecule has 3 rings (SSSR count). The van der Waals surface area contributed by atoms with Crippen molar-refractivity contribution in [3.63, 3.8) is 0 Å². The first-order chi connectivity index (χ1) is 7.43. The molecule has 0 atom stereocenters. The van der Waals surface area contributed by atoms with Gasteiger partial charge in [0.15, 0.2) is 0 Å². The first-order valence-electron chi connectivity index (χ1n) is 4.83. The standard InChI is InChI=1S/C13H9NS/c1-2-5-10(6-3-1)12-9-11-7-4-8-14-13(11)15-12/h1-9H. The predicted octanol–water partition coefficient (Wildman–Crippen LogP) is 3.96. The van der Waals surface area contributed by atoms with E-state index in [0.717, 1.165) is 4.83 Å². The maximum absolute atomic E-state index is 4.35. The summed E-state index contributed by atoms with van der Waals surface area (Å²) in [4.78, 5) is 6.74. The summed E-state index contributed by atoms with van der Waals surface area (Å²) in [5.74, 6) is 0. The third-order valence-electron chi connectivity index (χ3n) is 2.35. The first kappa shape index (κ1) is 8.62. The smallest absolute Gasteiger partial charge is 0.123 e. The van der Waals surface area contributed by atoms with E-state index in [9.17, 15) is 0 Å². The third-order valence-corrected chi connectivity index (χ3v) is 3.46. The molecule has 0 radical (unpaired) electrons. The molecule has 3 aromatic rings. The van der Waals surface area contributed by atoms with Gasteiger partial charge in [0.1, 0.15) is 4.83 Å². The highest BCUT2D eigenvalue weighted by atomic mass is 32.1. The molecule has 0 aliphatic rings. The fourth-order valence-corrected chi connectivity index (χ4v) is 2.62. The van der Waals surface area contributed by atoms with E-state index in [1.165, 1.54) is 15.8 Å². The number of hydrogen-bond donors (Lipinski definition) is 0. The SMILES string of the molecule is c1ccc(-c2cc3cccnc3s2)cc1. The van der Waals surface area contributed by atoms with Gasteiger partial charge in [-0.15, -0.1) is 11.3 Å². The second kappa shape index (κ2) is 3.48. The van der Waals surface area contributed by atoms with Crippen molar-refractivity contribution in [2.45, 2.75) is 0 Å². The van der Waals surface area contributed by atoms with Crippen molar-refractivity contribution in [3.05, 3.63) is 54.7 Å². The molecule has 72 valence electrons. The molecule has 0 saturated carbocycles. The van der Waals surface area contributed by atoms with Gasteiger partial charge in [0.25, 0.3) is 0 Å². The van der Waals surface area contributed by atoms with Gasteiger partial charge < -0.3 is 0 Å². The second-order valence-corrected chi connectivity index (χ2v) is 4.41. The Balaban J connectivity index is 2.21. The van der Waals surface area contributed by atoms with Crippen LogP contribution in [0.25, 0.3) is 20.7 Å². The second-order valence-electron chi connectivity index (χ2n) is 3.37. The van der Waals surface area contributed by atoms with Crippen LogP contribution in [0, 0.1) is 0 Å². The third kappa shape index (κ3) is 1.53. The monoisotopic (exact) mass is 211 g/mol. The van der Waals surface area contributed by atoms with Crippen LogP contribution in [0.15, 0.2) is 54.7 Å². The summed E-state index contributed by atoms with van der Waals surface area (Å²) >= 11 is 1.74. The minimum absolute atomic E-state index is 1.11. The molecule has 2 aromatic heterocycles. The van der Waals surface area contributed by atoms with Crippen molar-refractivity contribution in [2.24, 2.45) is 0 Å². The largest absolute Gasteiger partial charge is 0.245 e. The van der Waals surface area contributed by atoms with Crippen LogP contribution >= 0.6 is 11.3 Å². The van der Waals surface area contributed by atoms with Gasteiger partial charge in [-0.05, 0) is 17.7 Å². The summed E-state index contributed by atoms with van der Waals surface area (Å²) in [6.45, 7) is 0. The normalized spacial score (nSPS) is 10.7. The lowest BCUT2D eigenvalue weighted by atomic mass is 10.2. The minimum Gasteiger partial charge on any atom is -0.245 e. The van der Waals surface area contributed by atoms with Crippen LogP contribution in [0.1, 0.15) is 0 Å². The highest BCUT2D eigenvalue weighted by molar-refractivity contribution is 7.21. The molecule has 0 bridgehead atoms. The Morgan fingerprint density at radius 2 is 1.80 bits per heavy atom. The fraction of sp³-hybridized carbons (Fsp3) is 0. The molecular weight excluding hydrogens is 202 g/mol. The lowest BCUT2D eigenvalue weighted by molar-refractivity contribution is 1.45. The van der Waals surface area contributed by atoms with E-state index in [1.54, 1.807) is 11.3 Å². The number of rotatable bonds is 1. The Morgan fingerprint density at radius 3 is 2.60 bits per heavy atom. The van der Waals surface area contributed by atoms with Gasteiger partial charge in [-0.2, -0.15) is 0 Å². The average molecular weight is 211 g/mol. The van der Waals surface area contributed by atoms with E-state index in [1.807, 2.05) is 18.3 Å². The maximum atomic E-state index is 4.35. The minimum atomic E-state index is 1.11. The Bertz CT molecular complexity index is 551. The number of thiophene rings is 1. The molecule has 2 heteroatoms. The van der Waals surface area contributed by atoms with E-state index in [4.69, 9.17) is 0 Å². The Hall–Kier alpha value is -1.67. The van der Waals surface area contributed by atoms with Crippen molar-refractivity contribution < 1.29 is 0 Å². The van der Waals surface area contributed by atoms with Crippen LogP contribution in [0.3, 0.4) is 0 Å². The average Bonchev–Trinajstić information content (AvgIpc) is 2.74. The lowest BCUT2D eigenvalue weighted by Crippen LogP contribution is -1.67. The van der Waals surface area contributed by atoms with E-state index in [2.05, 4.69) is 41.4 Å². The van der Waals surface area contributed by atoms with Crippen molar-refractivity contribution in [1.82, 2.24) is 4.98 Å². The predicted molar refractivity (Wildman–Crippen MR) is 65.1 cm³/mol. The van der Waals surface area contributed by atoms with Crippen LogP contribution in [0.5, 0.6) is 0 Å². The molecule has 0 unspecified atom stereocenters. The van der Waals surface area contributed by atoms with Crippen molar-refractivity contribution in [1.29, 1.82) is 0 Å². The number of nitrogens with zero attached hydrogens (tertiary/aromatic N) is 1. The lowest BCUT2D eigenvalue weighted by Gasteiger charge is -1.93. The van der Waals surface area contributed by atoms with Crippen LogP contribution in [-0.2, 0) is 0 Å². The van der Waals surface area contributed by atoms with E-state index >= 15 is 0 Å². The quantitative estimate of drug-likeness (QED) is 0.593. The molecule has 1 nitrogen and oxygen atoms in total. The fourth-order valence-electron chi connectivity index (χ4n) is 1.62. The molecule has 0 N–H and O–H groups in total. The molecule has 0 fully saturated rings. The number of fused-ring (bicyclic) bond motifs is 1. The summed E-state index contributed by atoms with van der Waals surface area (Å²) < 4.78 is 0. The van der Waals surface area contributed by atoms with Crippen LogP contribution in [0.4, 0.5) is 0 Å². The van der Waals surface area contributed by atoms with Gasteiger partial charge in [0, 0.05) is 16.5 Å². The van der Waals surface area contributed by atoms with Crippen LogP contribution in [-0.4, -0.2) is 4.98 Å². The van der Waals surface area contributed by atoms with Gasteiger partial charge in [0.05, 0.1) is 0 Å². The molecule has 2 heterocycles. The molecule has 0 aliphatic heterocycles. The Morgan fingerprint density at radius 1 is 0.933 bits per heavy atom. The Kier molecular flexibility index (Phi) is 2.00. The van der Waals surface area contributed by atoms with Gasteiger partial charge >= 0.3 is 0 Å². The zero-order valence-corrected chi connectivity index (χ0v) is 8.87. The highest BCUT2D eigenvalue weighted by Crippen LogP contribution is 2.31. The number of benzene rings is 1. The van der Waals surface area contributed by atoms with Gasteiger partial charge in [-0.1, -0.05) is 36.4 Å². The summed E-state index contributed by atoms with van der Waals surface area (Å²) in [7, 11) is 0. The summed E-state index contributed by atoms with van der Waals surface area (Å²) in [5.41, 5.74) is 1.26. The molecule has 0 amide bonds.